The summed E-state index contributed by atoms with van der Waals surface area (Å²) in [4.78, 5) is 5.07. The Morgan fingerprint density at radius 2 is 0.957 bits per heavy atom. The topological polar surface area (TPSA) is 11.4 Å². The Balaban J connectivity index is 1.26. The molecule has 0 aliphatic carbocycles. The van der Waals surface area contributed by atoms with Crippen LogP contribution in [0.4, 0.5) is 34.1 Å². The van der Waals surface area contributed by atoms with Crippen molar-refractivity contribution in [2.75, 3.05) is 9.80 Å². The van der Waals surface area contributed by atoms with Gasteiger partial charge in [0.05, 0.1) is 11.2 Å². The Kier molecular flexibility index (Phi) is 9.74. The van der Waals surface area contributed by atoms with E-state index >= 15 is 0 Å². The third kappa shape index (κ3) is 6.91. The molecule has 0 amide bonds. The number of nitrogens with zero attached hydrogens (tertiary/aromatic N) is 3. The third-order valence-electron chi connectivity index (χ3n) is 15.3. The van der Waals surface area contributed by atoms with Gasteiger partial charge in [-0.2, -0.15) is 0 Å². The van der Waals surface area contributed by atoms with Crippen LogP contribution in [0.1, 0.15) is 105 Å². The SMILES string of the molecule is [B]c1cc2c3c(c1)N(c1ccc(C(C)(C)C)cc1)c1c(n(-c4ccc(C(C)(C)C)cc4)c4ccc5c6cc7ccccc7cc6sc5c14)B3c1cc(C(C)(C)C)ccc1N2c1ccc(C(C)(C)C)cc1. The smallest absolute Gasteiger partial charge is 0.273 e. The van der Waals surface area contributed by atoms with Crippen molar-refractivity contribution < 1.29 is 0 Å². The van der Waals surface area contributed by atoms with Crippen LogP contribution >= 0.6 is 11.3 Å². The van der Waals surface area contributed by atoms with Crippen molar-refractivity contribution in [1.82, 2.24) is 4.57 Å². The van der Waals surface area contributed by atoms with Gasteiger partial charge in [-0.05, 0) is 138 Å². The molecule has 0 bridgehead atoms. The van der Waals surface area contributed by atoms with Crippen molar-refractivity contribution in [2.45, 2.75) is 105 Å². The molecule has 0 saturated heterocycles. The van der Waals surface area contributed by atoms with Gasteiger partial charge in [0.25, 0.3) is 6.71 Å². The average molecular weight is 926 g/mol. The third-order valence-corrected chi connectivity index (χ3v) is 16.5. The lowest BCUT2D eigenvalue weighted by atomic mass is 9.34. The van der Waals surface area contributed by atoms with Gasteiger partial charge in [0, 0.05) is 65.3 Å². The van der Waals surface area contributed by atoms with Crippen molar-refractivity contribution in [1.29, 1.82) is 0 Å². The Hall–Kier alpha value is -6.49. The van der Waals surface area contributed by atoms with Crippen molar-refractivity contribution >= 4 is 124 Å². The van der Waals surface area contributed by atoms with Crippen LogP contribution in [-0.2, 0) is 21.7 Å². The number of benzene rings is 8. The molecule has 2 aliphatic rings. The molecule has 2 aliphatic heterocycles. The number of hydrogen-bond donors (Lipinski definition) is 0. The minimum Gasteiger partial charge on any atom is -0.319 e. The molecular formula is C64H61B2N3S. The average Bonchev–Trinajstić information content (AvgIpc) is 3.85. The first-order chi connectivity index (χ1) is 33.1. The maximum Gasteiger partial charge on any atom is 0.273 e. The number of rotatable bonds is 3. The van der Waals surface area contributed by atoms with E-state index in [-0.39, 0.29) is 28.4 Å². The van der Waals surface area contributed by atoms with Crippen molar-refractivity contribution in [3.05, 3.63) is 174 Å². The molecule has 0 atom stereocenters. The molecular weight excluding hydrogens is 864 g/mol. The highest BCUT2D eigenvalue weighted by molar-refractivity contribution is 7.27. The predicted octanol–water partition coefficient (Wildman–Crippen LogP) is 15.2. The van der Waals surface area contributed by atoms with Crippen LogP contribution in [0, 0.1) is 0 Å². The Labute approximate surface area is 420 Å². The van der Waals surface area contributed by atoms with E-state index in [9.17, 15) is 0 Å². The summed E-state index contributed by atoms with van der Waals surface area (Å²) in [6.45, 7) is 27.5. The zero-order valence-corrected chi connectivity index (χ0v) is 43.7. The fourth-order valence-electron chi connectivity index (χ4n) is 11.4. The molecule has 70 heavy (non-hydrogen) atoms. The molecule has 0 unspecified atom stereocenters. The van der Waals surface area contributed by atoms with Gasteiger partial charge >= 0.3 is 0 Å². The second kappa shape index (κ2) is 15.3. The van der Waals surface area contributed by atoms with Gasteiger partial charge in [-0.15, -0.1) is 11.3 Å². The second-order valence-electron chi connectivity index (χ2n) is 24.2. The molecule has 0 saturated carbocycles. The highest BCUT2D eigenvalue weighted by atomic mass is 32.1. The quantitative estimate of drug-likeness (QED) is 0.164. The second-order valence-corrected chi connectivity index (χ2v) is 25.2. The van der Waals surface area contributed by atoms with Crippen LogP contribution in [0.2, 0.25) is 0 Å². The number of anilines is 6. The first-order valence-corrected chi connectivity index (χ1v) is 25.9. The number of hydrogen-bond acceptors (Lipinski definition) is 3. The number of aromatic nitrogens is 1. The summed E-state index contributed by atoms with van der Waals surface area (Å²) < 4.78 is 5.23. The van der Waals surface area contributed by atoms with Crippen molar-refractivity contribution in [2.24, 2.45) is 0 Å². The molecule has 6 heteroatoms. The normalized spacial score (nSPS) is 14.0. The molecule has 10 aromatic rings. The lowest BCUT2D eigenvalue weighted by Crippen LogP contribution is -2.63. The molecule has 0 spiro atoms. The Morgan fingerprint density at radius 3 is 1.51 bits per heavy atom. The first-order valence-electron chi connectivity index (χ1n) is 25.1. The molecule has 12 rings (SSSR count). The van der Waals surface area contributed by atoms with Gasteiger partial charge in [-0.1, -0.05) is 167 Å². The summed E-state index contributed by atoms with van der Waals surface area (Å²) >= 11 is 1.93. The zero-order chi connectivity index (χ0) is 49.0. The molecule has 2 radical (unpaired) electrons. The van der Waals surface area contributed by atoms with E-state index in [4.69, 9.17) is 7.85 Å². The number of fused-ring (bicyclic) bond motifs is 11. The van der Waals surface area contributed by atoms with Crippen LogP contribution in [0.15, 0.2) is 152 Å². The Morgan fingerprint density at radius 1 is 0.457 bits per heavy atom. The van der Waals surface area contributed by atoms with E-state index in [1.54, 1.807) is 0 Å². The molecule has 2 aromatic heterocycles. The molecule has 0 N–H and O–H groups in total. The van der Waals surface area contributed by atoms with Crippen molar-refractivity contribution in [3.63, 3.8) is 0 Å². The Bertz CT molecular complexity index is 3750. The van der Waals surface area contributed by atoms with Gasteiger partial charge in [0.15, 0.2) is 0 Å². The van der Waals surface area contributed by atoms with Gasteiger partial charge in [-0.25, -0.2) is 0 Å². The maximum atomic E-state index is 7.28. The molecule has 344 valence electrons. The minimum atomic E-state index is -0.144. The lowest BCUT2D eigenvalue weighted by molar-refractivity contribution is 0.590. The van der Waals surface area contributed by atoms with E-state index in [2.05, 4.69) is 249 Å². The van der Waals surface area contributed by atoms with Gasteiger partial charge in [0.2, 0.25) is 0 Å². The highest BCUT2D eigenvalue weighted by Crippen LogP contribution is 2.51. The van der Waals surface area contributed by atoms with Crippen LogP contribution in [0.5, 0.6) is 0 Å². The predicted molar refractivity (Wildman–Crippen MR) is 308 cm³/mol. The summed E-state index contributed by atoms with van der Waals surface area (Å²) in [5, 5.41) is 6.37. The fraction of sp³-hybridized carbons (Fsp3) is 0.250. The standard InChI is InChI=1S/C64H61B2N3S/c1-61(2,3)40-17-24-45(25-18-40)67-51-31-23-43(64(10,11)12)35-50(51)66-57-53(67)36-44(65)37-54(57)68(46-26-19-41(20-27-46)62(4,5)6)58-56-52(69(60(58)66)47-28-21-42(22-29-47)63(7,8)9)32-30-48-49-33-38-15-13-14-16-39(38)34-55(49)70-59(48)56/h13-37H,1-12H3. The van der Waals surface area contributed by atoms with Crippen LogP contribution in [0.25, 0.3) is 47.5 Å². The van der Waals surface area contributed by atoms with Gasteiger partial charge in [-0.3, -0.25) is 0 Å². The summed E-state index contributed by atoms with van der Waals surface area (Å²) in [5.41, 5.74) is 18.9. The van der Waals surface area contributed by atoms with Crippen LogP contribution < -0.4 is 31.8 Å². The minimum absolute atomic E-state index is 0.00738. The van der Waals surface area contributed by atoms with Crippen molar-refractivity contribution in [3.8, 4) is 5.69 Å². The summed E-state index contributed by atoms with van der Waals surface area (Å²) in [6, 6.07) is 58.2. The summed E-state index contributed by atoms with van der Waals surface area (Å²) in [6.07, 6.45) is 0. The van der Waals surface area contributed by atoms with E-state index < -0.39 is 0 Å². The molecule has 4 heterocycles. The van der Waals surface area contributed by atoms with Gasteiger partial charge in [0.1, 0.15) is 7.85 Å². The largest absolute Gasteiger partial charge is 0.319 e. The molecule has 8 aromatic carbocycles. The number of thiophene rings is 1. The van der Waals surface area contributed by atoms with Crippen LogP contribution in [-0.4, -0.2) is 19.1 Å². The van der Waals surface area contributed by atoms with Gasteiger partial charge < -0.3 is 14.4 Å². The summed E-state index contributed by atoms with van der Waals surface area (Å²) in [5.74, 6) is 0. The highest BCUT2D eigenvalue weighted by Gasteiger charge is 2.47. The van der Waals surface area contributed by atoms with E-state index in [0.717, 1.165) is 33.9 Å². The van der Waals surface area contributed by atoms with E-state index in [1.807, 2.05) is 11.3 Å². The summed E-state index contributed by atoms with van der Waals surface area (Å²) in [7, 11) is 7.28. The van der Waals surface area contributed by atoms with E-state index in [0.29, 0.717) is 0 Å². The molecule has 3 nitrogen and oxygen atoms in total. The lowest BCUT2D eigenvalue weighted by Gasteiger charge is -2.44. The monoisotopic (exact) mass is 925 g/mol. The van der Waals surface area contributed by atoms with E-state index in [1.165, 1.54) is 92.0 Å². The zero-order valence-electron chi connectivity index (χ0n) is 42.8. The first kappa shape index (κ1) is 44.7. The molecule has 0 fully saturated rings. The maximum absolute atomic E-state index is 7.28. The van der Waals surface area contributed by atoms with Crippen LogP contribution in [0.3, 0.4) is 0 Å². The fourth-order valence-corrected chi connectivity index (χ4v) is 12.7.